The molecule has 1 fully saturated rings. The van der Waals surface area contributed by atoms with Crippen LogP contribution in [0, 0.1) is 0 Å². The molecule has 1 unspecified atom stereocenters. The lowest BCUT2D eigenvalue weighted by Crippen LogP contribution is -2.56. The van der Waals surface area contributed by atoms with Crippen LogP contribution in [0.4, 0.5) is 0 Å². The zero-order valence-corrected chi connectivity index (χ0v) is 15.4. The van der Waals surface area contributed by atoms with E-state index in [0.717, 1.165) is 6.04 Å². The molecule has 0 bridgehead atoms. The van der Waals surface area contributed by atoms with Gasteiger partial charge in [-0.25, -0.2) is 0 Å². The molecule has 0 aromatic rings. The van der Waals surface area contributed by atoms with Crippen LogP contribution in [0.1, 0.15) is 90.4 Å². The molecule has 0 aromatic heterocycles. The van der Waals surface area contributed by atoms with E-state index in [9.17, 15) is 0 Å². The van der Waals surface area contributed by atoms with Crippen LogP contribution < -0.4 is 16.0 Å². The van der Waals surface area contributed by atoms with E-state index in [0.29, 0.717) is 12.2 Å². The highest BCUT2D eigenvalue weighted by atomic mass is 15.2. The third-order valence-electron chi connectivity index (χ3n) is 5.20. The first kappa shape index (κ1) is 19.9. The Morgan fingerprint density at radius 3 is 2.00 bits per heavy atom. The number of rotatable bonds is 13. The molecule has 1 atom stereocenters. The Morgan fingerprint density at radius 2 is 1.41 bits per heavy atom. The van der Waals surface area contributed by atoms with Crippen molar-refractivity contribution in [3.8, 4) is 0 Å². The molecule has 1 saturated carbocycles. The van der Waals surface area contributed by atoms with Crippen molar-refractivity contribution in [2.45, 2.75) is 109 Å². The van der Waals surface area contributed by atoms with E-state index in [2.05, 4.69) is 37.0 Å². The van der Waals surface area contributed by atoms with Crippen LogP contribution in [0.2, 0.25) is 0 Å². The van der Waals surface area contributed by atoms with Crippen molar-refractivity contribution in [3.05, 3.63) is 0 Å². The first-order chi connectivity index (χ1) is 10.8. The van der Waals surface area contributed by atoms with Crippen LogP contribution in [0.25, 0.3) is 0 Å². The highest BCUT2D eigenvalue weighted by Gasteiger charge is 2.22. The van der Waals surface area contributed by atoms with Crippen LogP contribution in [0.15, 0.2) is 0 Å². The summed E-state index contributed by atoms with van der Waals surface area (Å²) in [4.78, 5) is 0. The fourth-order valence-electron chi connectivity index (χ4n) is 3.79. The average molecular weight is 312 g/mol. The summed E-state index contributed by atoms with van der Waals surface area (Å²) in [5, 5.41) is 10.8. The van der Waals surface area contributed by atoms with Crippen LogP contribution >= 0.6 is 0 Å². The number of hydrogen-bond acceptors (Lipinski definition) is 3. The molecule has 1 aliphatic carbocycles. The van der Waals surface area contributed by atoms with Gasteiger partial charge in [-0.1, -0.05) is 71.1 Å². The van der Waals surface area contributed by atoms with Crippen molar-refractivity contribution in [2.24, 2.45) is 0 Å². The van der Waals surface area contributed by atoms with E-state index in [-0.39, 0.29) is 0 Å². The van der Waals surface area contributed by atoms with Gasteiger partial charge >= 0.3 is 0 Å². The van der Waals surface area contributed by atoms with Crippen molar-refractivity contribution in [3.63, 3.8) is 0 Å². The van der Waals surface area contributed by atoms with Crippen molar-refractivity contribution < 1.29 is 0 Å². The molecule has 1 aliphatic rings. The first-order valence-corrected chi connectivity index (χ1v) is 9.92. The van der Waals surface area contributed by atoms with Crippen molar-refractivity contribution >= 4 is 0 Å². The molecule has 0 aliphatic heterocycles. The molecule has 0 heterocycles. The number of likely N-dealkylation sites (N-methyl/N-ethyl adjacent to an activating group) is 2. The summed E-state index contributed by atoms with van der Waals surface area (Å²) in [5.74, 6) is 0. The predicted molar refractivity (Wildman–Crippen MR) is 98.3 cm³/mol. The number of nitrogens with one attached hydrogen (secondary N) is 3. The largest absolute Gasteiger partial charge is 0.308 e. The molecule has 0 spiro atoms. The van der Waals surface area contributed by atoms with E-state index < -0.39 is 0 Å². The van der Waals surface area contributed by atoms with E-state index >= 15 is 0 Å². The quantitative estimate of drug-likeness (QED) is 0.353. The highest BCUT2D eigenvalue weighted by Crippen LogP contribution is 2.19. The van der Waals surface area contributed by atoms with Crippen molar-refractivity contribution in [2.75, 3.05) is 14.1 Å². The Morgan fingerprint density at radius 1 is 0.818 bits per heavy atom. The Labute approximate surface area is 139 Å². The third-order valence-corrected chi connectivity index (χ3v) is 5.20. The third kappa shape index (κ3) is 8.50. The van der Waals surface area contributed by atoms with Gasteiger partial charge in [0.2, 0.25) is 0 Å². The Bertz CT molecular complexity index is 235. The molecule has 3 heteroatoms. The molecule has 0 radical (unpaired) electrons. The van der Waals surface area contributed by atoms with Crippen LogP contribution in [-0.2, 0) is 0 Å². The summed E-state index contributed by atoms with van der Waals surface area (Å²) in [6.07, 6.45) is 18.4. The van der Waals surface area contributed by atoms with Gasteiger partial charge in [-0.3, -0.25) is 0 Å². The SMILES string of the molecule is CCCCCCCCCC(NC1CCCCC1)C(NC)NC. The summed E-state index contributed by atoms with van der Waals surface area (Å²) in [7, 11) is 4.14. The number of unbranched alkanes of at least 4 members (excludes halogenated alkanes) is 6. The van der Waals surface area contributed by atoms with Crippen LogP contribution in [-0.4, -0.2) is 32.3 Å². The molecule has 1 rings (SSSR count). The van der Waals surface area contributed by atoms with E-state index in [1.807, 2.05) is 0 Å². The number of hydrogen-bond donors (Lipinski definition) is 3. The molecule has 0 saturated heterocycles. The molecule has 132 valence electrons. The normalized spacial score (nSPS) is 18.0. The fraction of sp³-hybridized carbons (Fsp3) is 1.00. The standard InChI is InChI=1S/C19H41N3/c1-4-5-6-7-8-9-13-16-18(19(20-2)21-3)22-17-14-11-10-12-15-17/h17-22H,4-16H2,1-3H3. The van der Waals surface area contributed by atoms with Gasteiger partial charge in [0, 0.05) is 12.1 Å². The highest BCUT2D eigenvalue weighted by molar-refractivity contribution is 4.83. The maximum absolute atomic E-state index is 3.94. The van der Waals surface area contributed by atoms with Gasteiger partial charge < -0.3 is 16.0 Å². The summed E-state index contributed by atoms with van der Waals surface area (Å²) >= 11 is 0. The predicted octanol–water partition coefficient (Wildman–Crippen LogP) is 4.18. The summed E-state index contributed by atoms with van der Waals surface area (Å²) in [5.41, 5.74) is 0. The molecular weight excluding hydrogens is 270 g/mol. The minimum absolute atomic E-state index is 0.391. The van der Waals surface area contributed by atoms with Crippen LogP contribution in [0.3, 0.4) is 0 Å². The smallest absolute Gasteiger partial charge is 0.0725 e. The summed E-state index contributed by atoms with van der Waals surface area (Å²) in [6, 6.07) is 1.31. The van der Waals surface area contributed by atoms with Gasteiger partial charge in [-0.05, 0) is 33.4 Å². The van der Waals surface area contributed by atoms with Gasteiger partial charge in [-0.2, -0.15) is 0 Å². The van der Waals surface area contributed by atoms with E-state index in [1.54, 1.807) is 0 Å². The zero-order valence-electron chi connectivity index (χ0n) is 15.4. The fourth-order valence-corrected chi connectivity index (χ4v) is 3.79. The second-order valence-electron chi connectivity index (χ2n) is 7.07. The molecule has 3 nitrogen and oxygen atoms in total. The lowest BCUT2D eigenvalue weighted by atomic mass is 9.93. The topological polar surface area (TPSA) is 36.1 Å². The second-order valence-corrected chi connectivity index (χ2v) is 7.07. The molecule has 0 aromatic carbocycles. The van der Waals surface area contributed by atoms with E-state index in [1.165, 1.54) is 83.5 Å². The van der Waals surface area contributed by atoms with Crippen molar-refractivity contribution in [1.82, 2.24) is 16.0 Å². The van der Waals surface area contributed by atoms with Gasteiger partial charge in [0.15, 0.2) is 0 Å². The van der Waals surface area contributed by atoms with Gasteiger partial charge in [0.25, 0.3) is 0 Å². The lowest BCUT2D eigenvalue weighted by Gasteiger charge is -2.33. The van der Waals surface area contributed by atoms with E-state index in [4.69, 9.17) is 0 Å². The van der Waals surface area contributed by atoms with Gasteiger partial charge in [0.05, 0.1) is 6.17 Å². The molecular formula is C19H41N3. The first-order valence-electron chi connectivity index (χ1n) is 9.92. The maximum atomic E-state index is 3.94. The average Bonchev–Trinajstić information content (AvgIpc) is 2.56. The molecule has 3 N–H and O–H groups in total. The second kappa shape index (κ2) is 13.3. The van der Waals surface area contributed by atoms with Gasteiger partial charge in [-0.15, -0.1) is 0 Å². The minimum Gasteiger partial charge on any atom is -0.308 e. The maximum Gasteiger partial charge on any atom is 0.0725 e. The molecule has 0 amide bonds. The summed E-state index contributed by atoms with van der Waals surface area (Å²) < 4.78 is 0. The molecule has 22 heavy (non-hydrogen) atoms. The Kier molecular flexibility index (Phi) is 12.1. The Hall–Kier alpha value is -0.120. The summed E-state index contributed by atoms with van der Waals surface area (Å²) in [6.45, 7) is 2.29. The van der Waals surface area contributed by atoms with Crippen LogP contribution in [0.5, 0.6) is 0 Å². The zero-order chi connectivity index (χ0) is 16.0. The van der Waals surface area contributed by atoms with Gasteiger partial charge in [0.1, 0.15) is 0 Å². The minimum atomic E-state index is 0.391. The monoisotopic (exact) mass is 311 g/mol. The lowest BCUT2D eigenvalue weighted by molar-refractivity contribution is 0.265. The van der Waals surface area contributed by atoms with Crippen molar-refractivity contribution in [1.29, 1.82) is 0 Å². The Balaban J connectivity index is 2.25.